The standard InChI is InChI=1S/C25H23ClN2O4/c1-16-7-9-18(10-8-16)23(27-17(2)29)15-24(30)32-20-13-11-19(12-14-20)28-25(31)21-5-3-4-6-22(21)26/h3-14,23H,15H2,1-2H3,(H,27,29)(H,28,31). The Morgan fingerprint density at radius 3 is 2.22 bits per heavy atom. The first-order valence-electron chi connectivity index (χ1n) is 10.0. The van der Waals surface area contributed by atoms with Gasteiger partial charge >= 0.3 is 5.97 Å². The summed E-state index contributed by atoms with van der Waals surface area (Å²) in [4.78, 5) is 36.4. The summed E-state index contributed by atoms with van der Waals surface area (Å²) in [5.41, 5.74) is 2.80. The Morgan fingerprint density at radius 1 is 0.938 bits per heavy atom. The van der Waals surface area contributed by atoms with E-state index in [1.54, 1.807) is 48.5 Å². The molecule has 0 spiro atoms. The molecule has 7 heteroatoms. The highest BCUT2D eigenvalue weighted by atomic mass is 35.5. The molecule has 2 amide bonds. The number of nitrogens with one attached hydrogen (secondary N) is 2. The molecule has 3 aromatic carbocycles. The lowest BCUT2D eigenvalue weighted by atomic mass is 10.0. The van der Waals surface area contributed by atoms with Gasteiger partial charge in [-0.25, -0.2) is 0 Å². The van der Waals surface area contributed by atoms with Crippen molar-refractivity contribution in [2.75, 3.05) is 5.32 Å². The maximum Gasteiger partial charge on any atom is 0.313 e. The smallest absolute Gasteiger partial charge is 0.313 e. The van der Waals surface area contributed by atoms with Crippen LogP contribution in [0.15, 0.2) is 72.8 Å². The second kappa shape index (κ2) is 10.6. The van der Waals surface area contributed by atoms with Gasteiger partial charge < -0.3 is 15.4 Å². The molecular weight excluding hydrogens is 428 g/mol. The van der Waals surface area contributed by atoms with Gasteiger partial charge in [-0.15, -0.1) is 0 Å². The molecule has 0 saturated carbocycles. The molecule has 2 N–H and O–H groups in total. The van der Waals surface area contributed by atoms with E-state index in [0.29, 0.717) is 22.0 Å². The molecule has 0 radical (unpaired) electrons. The zero-order chi connectivity index (χ0) is 23.1. The van der Waals surface area contributed by atoms with Crippen molar-refractivity contribution in [2.24, 2.45) is 0 Å². The van der Waals surface area contributed by atoms with Crippen molar-refractivity contribution in [3.05, 3.63) is 94.5 Å². The lowest BCUT2D eigenvalue weighted by molar-refractivity contribution is -0.135. The fraction of sp³-hybridized carbons (Fsp3) is 0.160. The van der Waals surface area contributed by atoms with E-state index < -0.39 is 12.0 Å². The summed E-state index contributed by atoms with van der Waals surface area (Å²) in [7, 11) is 0. The topological polar surface area (TPSA) is 84.5 Å². The van der Waals surface area contributed by atoms with Crippen molar-refractivity contribution < 1.29 is 19.1 Å². The van der Waals surface area contributed by atoms with E-state index in [-0.39, 0.29) is 18.2 Å². The quantitative estimate of drug-likeness (QED) is 0.388. The number of ether oxygens (including phenoxy) is 1. The monoisotopic (exact) mass is 450 g/mol. The first-order valence-corrected chi connectivity index (χ1v) is 10.4. The van der Waals surface area contributed by atoms with E-state index in [9.17, 15) is 14.4 Å². The predicted molar refractivity (Wildman–Crippen MR) is 124 cm³/mol. The Labute approximate surface area is 191 Å². The van der Waals surface area contributed by atoms with E-state index in [1.807, 2.05) is 31.2 Å². The molecule has 0 bridgehead atoms. The number of benzene rings is 3. The van der Waals surface area contributed by atoms with Crippen molar-refractivity contribution in [2.45, 2.75) is 26.3 Å². The van der Waals surface area contributed by atoms with Gasteiger partial charge in [0.05, 0.1) is 23.0 Å². The summed E-state index contributed by atoms with van der Waals surface area (Å²) in [5.74, 6) is -0.730. The van der Waals surface area contributed by atoms with Crippen molar-refractivity contribution in [3.8, 4) is 5.75 Å². The summed E-state index contributed by atoms with van der Waals surface area (Å²) in [5, 5.41) is 5.89. The van der Waals surface area contributed by atoms with E-state index in [1.165, 1.54) is 6.92 Å². The molecule has 32 heavy (non-hydrogen) atoms. The highest BCUT2D eigenvalue weighted by Crippen LogP contribution is 2.22. The first kappa shape index (κ1) is 23.0. The highest BCUT2D eigenvalue weighted by molar-refractivity contribution is 6.34. The molecule has 0 aliphatic carbocycles. The zero-order valence-electron chi connectivity index (χ0n) is 17.7. The van der Waals surface area contributed by atoms with Crippen LogP contribution in [0.1, 0.15) is 40.9 Å². The SMILES string of the molecule is CC(=O)NC(CC(=O)Oc1ccc(NC(=O)c2ccccc2Cl)cc1)c1ccc(C)cc1. The predicted octanol–water partition coefficient (Wildman–Crippen LogP) is 5.07. The number of carbonyl (C=O) groups excluding carboxylic acids is 3. The molecule has 0 aromatic heterocycles. The molecule has 0 fully saturated rings. The van der Waals surface area contributed by atoms with E-state index in [0.717, 1.165) is 11.1 Å². The van der Waals surface area contributed by atoms with Gasteiger partial charge in [-0.3, -0.25) is 14.4 Å². The maximum absolute atomic E-state index is 12.5. The molecule has 0 heterocycles. The minimum atomic E-state index is -0.491. The molecule has 6 nitrogen and oxygen atoms in total. The lowest BCUT2D eigenvalue weighted by Gasteiger charge is -2.18. The van der Waals surface area contributed by atoms with Crippen molar-refractivity contribution in [3.63, 3.8) is 0 Å². The van der Waals surface area contributed by atoms with Gasteiger partial charge in [0.25, 0.3) is 5.91 Å². The van der Waals surface area contributed by atoms with Crippen LogP contribution in [0.2, 0.25) is 5.02 Å². The molecule has 1 atom stereocenters. The number of carbonyl (C=O) groups is 3. The summed E-state index contributed by atoms with van der Waals surface area (Å²) < 4.78 is 5.41. The second-order valence-electron chi connectivity index (χ2n) is 7.30. The van der Waals surface area contributed by atoms with Crippen LogP contribution in [0.3, 0.4) is 0 Å². The van der Waals surface area contributed by atoms with Crippen LogP contribution in [0.4, 0.5) is 5.69 Å². The highest BCUT2D eigenvalue weighted by Gasteiger charge is 2.19. The van der Waals surface area contributed by atoms with E-state index >= 15 is 0 Å². The number of hydrogen-bond acceptors (Lipinski definition) is 4. The van der Waals surface area contributed by atoms with Crippen LogP contribution in [-0.2, 0) is 9.59 Å². The summed E-state index contributed by atoms with van der Waals surface area (Å²) >= 11 is 6.05. The summed E-state index contributed by atoms with van der Waals surface area (Å²) in [6.45, 7) is 3.37. The van der Waals surface area contributed by atoms with E-state index in [2.05, 4.69) is 10.6 Å². The van der Waals surface area contributed by atoms with Crippen molar-refractivity contribution >= 4 is 35.1 Å². The fourth-order valence-corrected chi connectivity index (χ4v) is 3.31. The average molecular weight is 451 g/mol. The van der Waals surface area contributed by atoms with E-state index in [4.69, 9.17) is 16.3 Å². The zero-order valence-corrected chi connectivity index (χ0v) is 18.5. The molecule has 1 unspecified atom stereocenters. The third kappa shape index (κ3) is 6.43. The van der Waals surface area contributed by atoms with Gasteiger partial charge in [0.2, 0.25) is 5.91 Å². The first-order chi connectivity index (χ1) is 15.3. The third-order valence-corrected chi connectivity index (χ3v) is 5.02. The number of rotatable bonds is 7. The average Bonchev–Trinajstić information content (AvgIpc) is 2.75. The molecule has 3 aromatic rings. The summed E-state index contributed by atoms with van der Waals surface area (Å²) in [6, 6.07) is 20.3. The normalized spacial score (nSPS) is 11.3. The molecular formula is C25H23ClN2O4. The third-order valence-electron chi connectivity index (χ3n) is 4.69. The Bertz CT molecular complexity index is 1110. The van der Waals surface area contributed by atoms with Gasteiger partial charge in [-0.05, 0) is 48.9 Å². The largest absolute Gasteiger partial charge is 0.426 e. The van der Waals surface area contributed by atoms with Crippen LogP contribution in [0.25, 0.3) is 0 Å². The van der Waals surface area contributed by atoms with Crippen LogP contribution < -0.4 is 15.4 Å². The van der Waals surface area contributed by atoms with Gasteiger partial charge in [0.15, 0.2) is 0 Å². The number of esters is 1. The Balaban J connectivity index is 1.61. The Morgan fingerprint density at radius 2 is 1.59 bits per heavy atom. The van der Waals surface area contributed by atoms with Crippen LogP contribution >= 0.6 is 11.6 Å². The summed E-state index contributed by atoms with van der Waals surface area (Å²) in [6.07, 6.45) is -0.0202. The van der Waals surface area contributed by atoms with Crippen LogP contribution in [-0.4, -0.2) is 17.8 Å². The van der Waals surface area contributed by atoms with Crippen molar-refractivity contribution in [1.29, 1.82) is 0 Å². The Kier molecular flexibility index (Phi) is 7.63. The number of aryl methyl sites for hydroxylation is 1. The Hall–Kier alpha value is -3.64. The lowest BCUT2D eigenvalue weighted by Crippen LogP contribution is -2.29. The minimum Gasteiger partial charge on any atom is -0.426 e. The van der Waals surface area contributed by atoms with Gasteiger partial charge in [-0.1, -0.05) is 53.6 Å². The van der Waals surface area contributed by atoms with Gasteiger partial charge in [-0.2, -0.15) is 0 Å². The number of anilines is 1. The van der Waals surface area contributed by atoms with Gasteiger partial charge in [0.1, 0.15) is 5.75 Å². The molecule has 0 aliphatic rings. The number of amides is 2. The second-order valence-corrected chi connectivity index (χ2v) is 7.71. The molecule has 164 valence electrons. The van der Waals surface area contributed by atoms with Gasteiger partial charge in [0, 0.05) is 12.6 Å². The fourth-order valence-electron chi connectivity index (χ4n) is 3.09. The van der Waals surface area contributed by atoms with Crippen LogP contribution in [0.5, 0.6) is 5.75 Å². The number of hydrogen-bond donors (Lipinski definition) is 2. The maximum atomic E-state index is 12.5. The minimum absolute atomic E-state index is 0.0202. The van der Waals surface area contributed by atoms with Crippen LogP contribution in [0, 0.1) is 6.92 Å². The molecule has 0 aliphatic heterocycles. The number of halogens is 1. The van der Waals surface area contributed by atoms with Crippen molar-refractivity contribution in [1.82, 2.24) is 5.32 Å². The molecule has 0 saturated heterocycles. The molecule has 3 rings (SSSR count).